The van der Waals surface area contributed by atoms with Gasteiger partial charge in [-0.1, -0.05) is 6.42 Å². The minimum absolute atomic E-state index is 0.868. The van der Waals surface area contributed by atoms with E-state index in [1.165, 1.54) is 19.3 Å². The Morgan fingerprint density at radius 2 is 2.30 bits per heavy atom. The van der Waals surface area contributed by atoms with Crippen molar-refractivity contribution in [3.8, 4) is 0 Å². The molecule has 0 bridgehead atoms. The van der Waals surface area contributed by atoms with Crippen molar-refractivity contribution in [2.45, 2.75) is 19.3 Å². The number of rotatable bonds is 5. The average molecular weight is 143 g/mol. The van der Waals surface area contributed by atoms with E-state index < -0.39 is 0 Å². The molecule has 1 aliphatic carbocycles. The molecule has 0 saturated heterocycles. The molecule has 1 N–H and O–H groups in total. The second kappa shape index (κ2) is 4.69. The zero-order valence-electron chi connectivity index (χ0n) is 6.73. The zero-order valence-corrected chi connectivity index (χ0v) is 6.73. The van der Waals surface area contributed by atoms with E-state index in [2.05, 4.69) is 5.32 Å². The number of hydrogen-bond acceptors (Lipinski definition) is 2. The Labute approximate surface area is 63.0 Å². The maximum absolute atomic E-state index is 5.42. The first-order chi connectivity index (χ1) is 4.93. The van der Waals surface area contributed by atoms with Crippen molar-refractivity contribution in [3.63, 3.8) is 0 Å². The second-order valence-corrected chi connectivity index (χ2v) is 2.98. The van der Waals surface area contributed by atoms with Crippen LogP contribution in [-0.2, 0) is 4.74 Å². The van der Waals surface area contributed by atoms with Crippen molar-refractivity contribution < 1.29 is 4.74 Å². The summed E-state index contributed by atoms with van der Waals surface area (Å²) in [6.07, 6.45) is 4.19. The molecule has 0 aromatic rings. The normalized spacial score (nSPS) is 18.9. The van der Waals surface area contributed by atoms with Crippen molar-refractivity contribution in [2.75, 3.05) is 26.8 Å². The lowest BCUT2D eigenvalue weighted by Gasteiger charge is -2.24. The predicted octanol–water partition coefficient (Wildman–Crippen LogP) is 1.02. The van der Waals surface area contributed by atoms with Gasteiger partial charge in [0, 0.05) is 13.2 Å². The Bertz CT molecular complexity index is 81.3. The van der Waals surface area contributed by atoms with Gasteiger partial charge in [-0.3, -0.25) is 0 Å². The largest absolute Gasteiger partial charge is 0.380 e. The number of nitrogens with one attached hydrogen (secondary N) is 1. The Kier molecular flexibility index (Phi) is 3.76. The SMILES string of the molecule is CNCCOCC1CCC1. The van der Waals surface area contributed by atoms with Crippen LogP contribution >= 0.6 is 0 Å². The summed E-state index contributed by atoms with van der Waals surface area (Å²) in [7, 11) is 1.95. The van der Waals surface area contributed by atoms with E-state index in [4.69, 9.17) is 4.74 Å². The van der Waals surface area contributed by atoms with Gasteiger partial charge in [-0.25, -0.2) is 0 Å². The highest BCUT2D eigenvalue weighted by atomic mass is 16.5. The second-order valence-electron chi connectivity index (χ2n) is 2.98. The van der Waals surface area contributed by atoms with Crippen molar-refractivity contribution >= 4 is 0 Å². The van der Waals surface area contributed by atoms with Gasteiger partial charge < -0.3 is 10.1 Å². The maximum atomic E-state index is 5.42. The van der Waals surface area contributed by atoms with Crippen molar-refractivity contribution in [1.82, 2.24) is 5.32 Å². The summed E-state index contributed by atoms with van der Waals surface area (Å²) in [5, 5.41) is 3.05. The summed E-state index contributed by atoms with van der Waals surface area (Å²) in [6, 6.07) is 0. The highest BCUT2D eigenvalue weighted by Crippen LogP contribution is 2.25. The zero-order chi connectivity index (χ0) is 7.23. The van der Waals surface area contributed by atoms with Crippen LogP contribution in [0.5, 0.6) is 0 Å². The number of likely N-dealkylation sites (N-methyl/N-ethyl adjacent to an activating group) is 1. The van der Waals surface area contributed by atoms with E-state index in [1.54, 1.807) is 0 Å². The molecule has 0 aromatic carbocycles. The summed E-state index contributed by atoms with van der Waals surface area (Å²) in [4.78, 5) is 0. The van der Waals surface area contributed by atoms with E-state index in [0.29, 0.717) is 0 Å². The first-order valence-corrected chi connectivity index (χ1v) is 4.16. The molecule has 0 amide bonds. The lowest BCUT2D eigenvalue weighted by Crippen LogP contribution is -2.21. The molecule has 2 nitrogen and oxygen atoms in total. The molecule has 1 saturated carbocycles. The Morgan fingerprint density at radius 1 is 1.50 bits per heavy atom. The van der Waals surface area contributed by atoms with Crippen LogP contribution in [0.25, 0.3) is 0 Å². The summed E-state index contributed by atoms with van der Waals surface area (Å²) >= 11 is 0. The van der Waals surface area contributed by atoms with Gasteiger partial charge in [0.15, 0.2) is 0 Å². The van der Waals surface area contributed by atoms with Gasteiger partial charge in [0.05, 0.1) is 6.61 Å². The minimum Gasteiger partial charge on any atom is -0.380 e. The molecular formula is C8H17NO. The van der Waals surface area contributed by atoms with Gasteiger partial charge in [-0.15, -0.1) is 0 Å². The molecule has 0 spiro atoms. The summed E-state index contributed by atoms with van der Waals surface area (Å²) < 4.78 is 5.42. The molecule has 0 radical (unpaired) electrons. The van der Waals surface area contributed by atoms with Crippen molar-refractivity contribution in [3.05, 3.63) is 0 Å². The third-order valence-electron chi connectivity index (χ3n) is 2.07. The third-order valence-corrected chi connectivity index (χ3v) is 2.07. The minimum atomic E-state index is 0.868. The lowest BCUT2D eigenvalue weighted by atomic mass is 9.86. The van der Waals surface area contributed by atoms with Crippen LogP contribution in [0.4, 0.5) is 0 Å². The highest BCUT2D eigenvalue weighted by Gasteiger charge is 2.16. The number of hydrogen-bond donors (Lipinski definition) is 1. The summed E-state index contributed by atoms with van der Waals surface area (Å²) in [6.45, 7) is 2.83. The Hall–Kier alpha value is -0.0800. The Balaban J connectivity index is 1.76. The first kappa shape index (κ1) is 8.02. The average Bonchev–Trinajstić information content (AvgIpc) is 1.84. The molecule has 60 valence electrons. The van der Waals surface area contributed by atoms with Gasteiger partial charge in [-0.2, -0.15) is 0 Å². The molecule has 1 fully saturated rings. The fourth-order valence-corrected chi connectivity index (χ4v) is 1.08. The molecule has 0 aliphatic heterocycles. The maximum Gasteiger partial charge on any atom is 0.0590 e. The molecule has 0 unspecified atom stereocenters. The van der Waals surface area contributed by atoms with Gasteiger partial charge in [0.25, 0.3) is 0 Å². The molecule has 2 heteroatoms. The van der Waals surface area contributed by atoms with Crippen LogP contribution in [0.2, 0.25) is 0 Å². The van der Waals surface area contributed by atoms with Gasteiger partial charge in [0.1, 0.15) is 0 Å². The smallest absolute Gasteiger partial charge is 0.0590 e. The van der Waals surface area contributed by atoms with Gasteiger partial charge in [-0.05, 0) is 25.8 Å². The van der Waals surface area contributed by atoms with Crippen LogP contribution in [0.3, 0.4) is 0 Å². The topological polar surface area (TPSA) is 21.3 Å². The van der Waals surface area contributed by atoms with Crippen LogP contribution in [0.15, 0.2) is 0 Å². The summed E-state index contributed by atoms with van der Waals surface area (Å²) in [5.74, 6) is 0.886. The molecule has 0 heterocycles. The molecular weight excluding hydrogens is 126 g/mol. The molecule has 10 heavy (non-hydrogen) atoms. The van der Waals surface area contributed by atoms with Gasteiger partial charge in [0.2, 0.25) is 0 Å². The van der Waals surface area contributed by atoms with E-state index in [9.17, 15) is 0 Å². The van der Waals surface area contributed by atoms with Gasteiger partial charge >= 0.3 is 0 Å². The third kappa shape index (κ3) is 2.67. The quantitative estimate of drug-likeness (QED) is 0.580. The lowest BCUT2D eigenvalue weighted by molar-refractivity contribution is 0.0727. The van der Waals surface area contributed by atoms with Crippen LogP contribution in [0, 0.1) is 5.92 Å². The highest BCUT2D eigenvalue weighted by molar-refractivity contribution is 4.68. The van der Waals surface area contributed by atoms with Crippen LogP contribution in [0.1, 0.15) is 19.3 Å². The van der Waals surface area contributed by atoms with Crippen LogP contribution in [-0.4, -0.2) is 26.8 Å². The standard InChI is InChI=1S/C8H17NO/c1-9-5-6-10-7-8-3-2-4-8/h8-9H,2-7H2,1H3. The Morgan fingerprint density at radius 3 is 2.80 bits per heavy atom. The number of ether oxygens (including phenoxy) is 1. The molecule has 0 atom stereocenters. The monoisotopic (exact) mass is 143 g/mol. The van der Waals surface area contributed by atoms with Crippen LogP contribution < -0.4 is 5.32 Å². The fourth-order valence-electron chi connectivity index (χ4n) is 1.08. The van der Waals surface area contributed by atoms with Crippen molar-refractivity contribution in [2.24, 2.45) is 5.92 Å². The van der Waals surface area contributed by atoms with E-state index in [0.717, 1.165) is 25.7 Å². The molecule has 1 aliphatic rings. The van der Waals surface area contributed by atoms with E-state index >= 15 is 0 Å². The first-order valence-electron chi connectivity index (χ1n) is 4.16. The molecule has 0 aromatic heterocycles. The van der Waals surface area contributed by atoms with E-state index in [1.807, 2.05) is 7.05 Å². The predicted molar refractivity (Wildman–Crippen MR) is 42.1 cm³/mol. The van der Waals surface area contributed by atoms with E-state index in [-0.39, 0.29) is 0 Å². The van der Waals surface area contributed by atoms with Crippen molar-refractivity contribution in [1.29, 1.82) is 0 Å². The molecule has 1 rings (SSSR count). The summed E-state index contributed by atoms with van der Waals surface area (Å²) in [5.41, 5.74) is 0. The fraction of sp³-hybridized carbons (Fsp3) is 1.00.